The van der Waals surface area contributed by atoms with Gasteiger partial charge in [0.05, 0.1) is 0 Å². The minimum Gasteiger partial charge on any atom is -0.508 e. The number of rotatable bonds is 1. The Bertz CT molecular complexity index is 522. The molecule has 0 bridgehead atoms. The van der Waals surface area contributed by atoms with Crippen molar-refractivity contribution in [3.63, 3.8) is 0 Å². The Morgan fingerprint density at radius 3 is 2.59 bits per heavy atom. The van der Waals surface area contributed by atoms with Gasteiger partial charge in [0.2, 0.25) is 0 Å². The van der Waals surface area contributed by atoms with Crippen LogP contribution in [0, 0.1) is 0 Å². The second kappa shape index (κ2) is 4.13. The second-order valence-electron chi connectivity index (χ2n) is 4.37. The molecule has 0 aliphatic carbocycles. The SMILES string of the molecule is Oc1cccc2c1CCCN2c1ccccc1. The van der Waals surface area contributed by atoms with E-state index in [9.17, 15) is 5.11 Å². The Balaban J connectivity index is 2.09. The lowest BCUT2D eigenvalue weighted by molar-refractivity contribution is 0.465. The number of para-hydroxylation sites is 1. The highest BCUT2D eigenvalue weighted by Crippen LogP contribution is 2.37. The van der Waals surface area contributed by atoms with Crippen LogP contribution >= 0.6 is 0 Å². The second-order valence-corrected chi connectivity index (χ2v) is 4.37. The molecule has 2 aromatic carbocycles. The van der Waals surface area contributed by atoms with Crippen molar-refractivity contribution in [3.8, 4) is 5.75 Å². The quantitative estimate of drug-likeness (QED) is 0.803. The molecule has 2 nitrogen and oxygen atoms in total. The molecule has 1 aliphatic rings. The van der Waals surface area contributed by atoms with E-state index in [1.165, 1.54) is 5.69 Å². The van der Waals surface area contributed by atoms with E-state index in [0.717, 1.165) is 30.6 Å². The van der Waals surface area contributed by atoms with Gasteiger partial charge in [-0.3, -0.25) is 0 Å². The summed E-state index contributed by atoms with van der Waals surface area (Å²) in [6.45, 7) is 1.01. The third-order valence-corrected chi connectivity index (χ3v) is 3.29. The molecule has 0 saturated heterocycles. The van der Waals surface area contributed by atoms with Crippen LogP contribution in [0.5, 0.6) is 5.75 Å². The minimum absolute atomic E-state index is 0.420. The maximum atomic E-state index is 9.89. The van der Waals surface area contributed by atoms with Crippen molar-refractivity contribution >= 4 is 11.4 Å². The van der Waals surface area contributed by atoms with E-state index in [2.05, 4.69) is 23.1 Å². The maximum Gasteiger partial charge on any atom is 0.120 e. The van der Waals surface area contributed by atoms with Crippen molar-refractivity contribution in [1.29, 1.82) is 0 Å². The first-order valence-electron chi connectivity index (χ1n) is 6.00. The van der Waals surface area contributed by atoms with Gasteiger partial charge >= 0.3 is 0 Å². The molecule has 1 N–H and O–H groups in total. The Morgan fingerprint density at radius 2 is 1.76 bits per heavy atom. The topological polar surface area (TPSA) is 23.5 Å². The van der Waals surface area contributed by atoms with Crippen molar-refractivity contribution in [2.45, 2.75) is 12.8 Å². The molecule has 2 heteroatoms. The smallest absolute Gasteiger partial charge is 0.120 e. The van der Waals surface area contributed by atoms with Crippen LogP contribution in [0.1, 0.15) is 12.0 Å². The molecule has 0 spiro atoms. The average Bonchev–Trinajstić information content (AvgIpc) is 2.40. The molecule has 0 aromatic heterocycles. The zero-order valence-corrected chi connectivity index (χ0v) is 9.63. The summed E-state index contributed by atoms with van der Waals surface area (Å²) in [6, 6.07) is 16.1. The Morgan fingerprint density at radius 1 is 0.941 bits per heavy atom. The summed E-state index contributed by atoms with van der Waals surface area (Å²) in [7, 11) is 0. The summed E-state index contributed by atoms with van der Waals surface area (Å²) >= 11 is 0. The average molecular weight is 225 g/mol. The van der Waals surface area contributed by atoms with Crippen LogP contribution < -0.4 is 4.90 Å². The third kappa shape index (κ3) is 1.76. The molecule has 17 heavy (non-hydrogen) atoms. The highest BCUT2D eigenvalue weighted by molar-refractivity contribution is 5.70. The molecule has 0 amide bonds. The van der Waals surface area contributed by atoms with Crippen LogP contribution in [-0.2, 0) is 6.42 Å². The number of aromatic hydroxyl groups is 1. The van der Waals surface area contributed by atoms with Crippen LogP contribution in [0.4, 0.5) is 11.4 Å². The number of hydrogen-bond acceptors (Lipinski definition) is 2. The molecular formula is C15H15NO. The van der Waals surface area contributed by atoms with Gasteiger partial charge < -0.3 is 10.0 Å². The van der Waals surface area contributed by atoms with E-state index in [-0.39, 0.29) is 0 Å². The fraction of sp³-hybridized carbons (Fsp3) is 0.200. The monoisotopic (exact) mass is 225 g/mol. The van der Waals surface area contributed by atoms with Crippen LogP contribution in [-0.4, -0.2) is 11.7 Å². The van der Waals surface area contributed by atoms with Crippen LogP contribution in [0.15, 0.2) is 48.5 Å². The van der Waals surface area contributed by atoms with Gasteiger partial charge in [-0.15, -0.1) is 0 Å². The zero-order chi connectivity index (χ0) is 11.7. The molecule has 1 heterocycles. The summed E-state index contributed by atoms with van der Waals surface area (Å²) in [5.41, 5.74) is 3.41. The van der Waals surface area contributed by atoms with E-state index in [1.807, 2.05) is 24.3 Å². The minimum atomic E-state index is 0.420. The number of anilines is 2. The number of hydrogen-bond donors (Lipinski definition) is 1. The molecule has 3 rings (SSSR count). The molecular weight excluding hydrogens is 210 g/mol. The van der Waals surface area contributed by atoms with Crippen molar-refractivity contribution < 1.29 is 5.11 Å². The molecule has 0 unspecified atom stereocenters. The van der Waals surface area contributed by atoms with E-state index in [1.54, 1.807) is 6.07 Å². The van der Waals surface area contributed by atoms with Gasteiger partial charge in [0, 0.05) is 23.5 Å². The van der Waals surface area contributed by atoms with Gasteiger partial charge in [0.25, 0.3) is 0 Å². The fourth-order valence-electron chi connectivity index (χ4n) is 2.48. The fourth-order valence-corrected chi connectivity index (χ4v) is 2.48. The predicted octanol–water partition coefficient (Wildman–Crippen LogP) is 3.48. The first kappa shape index (κ1) is 10.2. The molecule has 0 saturated carbocycles. The van der Waals surface area contributed by atoms with E-state index >= 15 is 0 Å². The standard InChI is InChI=1S/C15H15NO/c17-15-10-4-9-14-13(15)8-5-11-16(14)12-6-2-1-3-7-12/h1-4,6-7,9-10,17H,5,8,11H2. The molecule has 2 aromatic rings. The van der Waals surface area contributed by atoms with Crippen molar-refractivity contribution in [1.82, 2.24) is 0 Å². The Labute approximate surface area is 101 Å². The van der Waals surface area contributed by atoms with Crippen molar-refractivity contribution in [3.05, 3.63) is 54.1 Å². The number of phenolic OH excluding ortho intramolecular Hbond substituents is 1. The lowest BCUT2D eigenvalue weighted by Crippen LogP contribution is -2.24. The van der Waals surface area contributed by atoms with Gasteiger partial charge in [-0.1, -0.05) is 24.3 Å². The first-order chi connectivity index (χ1) is 8.36. The van der Waals surface area contributed by atoms with Gasteiger partial charge in [-0.05, 0) is 37.1 Å². The Kier molecular flexibility index (Phi) is 2.48. The normalized spacial score (nSPS) is 14.5. The van der Waals surface area contributed by atoms with Crippen molar-refractivity contribution in [2.24, 2.45) is 0 Å². The summed E-state index contributed by atoms with van der Waals surface area (Å²) in [5, 5.41) is 9.89. The van der Waals surface area contributed by atoms with E-state index < -0.39 is 0 Å². The highest BCUT2D eigenvalue weighted by atomic mass is 16.3. The lowest BCUT2D eigenvalue weighted by Gasteiger charge is -2.31. The summed E-state index contributed by atoms with van der Waals surface area (Å²) in [4.78, 5) is 2.28. The third-order valence-electron chi connectivity index (χ3n) is 3.29. The summed E-state index contributed by atoms with van der Waals surface area (Å²) < 4.78 is 0. The van der Waals surface area contributed by atoms with Gasteiger partial charge in [0.1, 0.15) is 5.75 Å². The molecule has 0 fully saturated rings. The highest BCUT2D eigenvalue weighted by Gasteiger charge is 2.19. The van der Waals surface area contributed by atoms with Crippen molar-refractivity contribution in [2.75, 3.05) is 11.4 Å². The van der Waals surface area contributed by atoms with Crippen LogP contribution in [0.2, 0.25) is 0 Å². The summed E-state index contributed by atoms with van der Waals surface area (Å²) in [6.07, 6.45) is 2.05. The maximum absolute atomic E-state index is 9.89. The van der Waals surface area contributed by atoms with Gasteiger partial charge in [-0.2, -0.15) is 0 Å². The van der Waals surface area contributed by atoms with Crippen LogP contribution in [0.25, 0.3) is 0 Å². The van der Waals surface area contributed by atoms with Crippen LogP contribution in [0.3, 0.4) is 0 Å². The number of fused-ring (bicyclic) bond motifs is 1. The van der Waals surface area contributed by atoms with Gasteiger partial charge in [0.15, 0.2) is 0 Å². The predicted molar refractivity (Wildman–Crippen MR) is 69.9 cm³/mol. The lowest BCUT2D eigenvalue weighted by atomic mass is 10.00. The largest absolute Gasteiger partial charge is 0.508 e. The van der Waals surface area contributed by atoms with Gasteiger partial charge in [-0.25, -0.2) is 0 Å². The zero-order valence-electron chi connectivity index (χ0n) is 9.63. The molecule has 1 aliphatic heterocycles. The number of benzene rings is 2. The van der Waals surface area contributed by atoms with E-state index in [0.29, 0.717) is 5.75 Å². The number of phenols is 1. The first-order valence-corrected chi connectivity index (χ1v) is 6.00. The number of nitrogens with zero attached hydrogens (tertiary/aromatic N) is 1. The summed E-state index contributed by atoms with van der Waals surface area (Å²) in [5.74, 6) is 0.420. The molecule has 86 valence electrons. The molecule has 0 atom stereocenters. The van der Waals surface area contributed by atoms with E-state index in [4.69, 9.17) is 0 Å². The Hall–Kier alpha value is -1.96. The molecule has 0 radical (unpaired) electrons.